The number of hydrogen-bond acceptors (Lipinski definition) is 7. The van der Waals surface area contributed by atoms with Gasteiger partial charge in [0.1, 0.15) is 0 Å². The van der Waals surface area contributed by atoms with E-state index in [2.05, 4.69) is 34.6 Å². The van der Waals surface area contributed by atoms with Crippen molar-refractivity contribution >= 4 is 22.1 Å². The Morgan fingerprint density at radius 1 is 1.07 bits per heavy atom. The van der Waals surface area contributed by atoms with E-state index in [9.17, 15) is 13.2 Å². The molecular weight excluding hydrogens is 588 g/mol. The maximum Gasteiger partial charge on any atom is 0.409 e. The molecule has 1 unspecified atom stereocenters. The number of aromatic nitrogens is 2. The Bertz CT molecular complexity index is 1650. The van der Waals surface area contributed by atoms with E-state index in [1.54, 1.807) is 11.0 Å². The van der Waals surface area contributed by atoms with Crippen molar-refractivity contribution in [2.75, 3.05) is 31.5 Å². The van der Waals surface area contributed by atoms with E-state index in [0.717, 1.165) is 54.4 Å². The van der Waals surface area contributed by atoms with Crippen molar-refractivity contribution in [1.29, 1.82) is 0 Å². The molecule has 2 aliphatic heterocycles. The van der Waals surface area contributed by atoms with Crippen molar-refractivity contribution in [3.63, 3.8) is 0 Å². The molecule has 3 heterocycles. The molecule has 0 radical (unpaired) electrons. The van der Waals surface area contributed by atoms with Gasteiger partial charge in [0.05, 0.1) is 24.3 Å². The summed E-state index contributed by atoms with van der Waals surface area (Å²) in [5.74, 6) is 1.42. The fraction of sp³-hybridized carbons (Fsp3) is 0.514. The van der Waals surface area contributed by atoms with Gasteiger partial charge >= 0.3 is 6.09 Å². The van der Waals surface area contributed by atoms with Crippen LogP contribution in [0.4, 0.5) is 10.7 Å². The van der Waals surface area contributed by atoms with Gasteiger partial charge in [-0.15, -0.1) is 0 Å². The quantitative estimate of drug-likeness (QED) is 0.331. The molecule has 1 amide bonds. The molecule has 2 atom stereocenters. The lowest BCUT2D eigenvalue weighted by Crippen LogP contribution is -2.50. The molecule has 3 aromatic rings. The molecular formula is C35H44N4O5S. The average Bonchev–Trinajstić information content (AvgIpc) is 2.98. The van der Waals surface area contributed by atoms with Crippen LogP contribution in [0.5, 0.6) is 5.88 Å². The number of piperidine rings is 1. The fourth-order valence-corrected chi connectivity index (χ4v) is 9.01. The number of anilines is 1. The molecule has 1 N–H and O–H groups in total. The number of ether oxygens (including phenoxy) is 2. The highest BCUT2D eigenvalue weighted by Crippen LogP contribution is 2.59. The maximum absolute atomic E-state index is 13.8. The maximum atomic E-state index is 13.8. The third-order valence-corrected chi connectivity index (χ3v) is 11.4. The highest BCUT2D eigenvalue weighted by atomic mass is 32.2. The first-order valence-corrected chi connectivity index (χ1v) is 17.5. The van der Waals surface area contributed by atoms with Crippen LogP contribution in [0.2, 0.25) is 0 Å². The molecule has 1 aromatic heterocycles. The van der Waals surface area contributed by atoms with Gasteiger partial charge in [0.15, 0.2) is 0 Å². The van der Waals surface area contributed by atoms with Crippen molar-refractivity contribution < 1.29 is 22.7 Å². The minimum Gasteiger partial charge on any atom is -0.477 e. The van der Waals surface area contributed by atoms with E-state index in [0.29, 0.717) is 43.1 Å². The van der Waals surface area contributed by atoms with Gasteiger partial charge in [0.25, 0.3) is 10.0 Å². The molecule has 9 nitrogen and oxygen atoms in total. The number of rotatable bonds is 4. The summed E-state index contributed by atoms with van der Waals surface area (Å²) in [4.78, 5) is 23.3. The SMILES string of the molecule is COC(=O)N1CCC2(CC1)CC(C1c3cccc(c3)S(=O)(=O)Nc3nc(cc(-c4c(C)cccc4C)n3)OC[C@@H]1CC(C)C)C2. The molecule has 3 aliphatic rings. The summed E-state index contributed by atoms with van der Waals surface area (Å²) in [6.07, 6.45) is 4.69. The zero-order valence-electron chi connectivity index (χ0n) is 26.9. The second kappa shape index (κ2) is 12.3. The Labute approximate surface area is 266 Å². The average molecular weight is 633 g/mol. The van der Waals surface area contributed by atoms with Crippen molar-refractivity contribution in [1.82, 2.24) is 14.9 Å². The number of amides is 1. The molecule has 1 saturated carbocycles. The lowest BCUT2D eigenvalue weighted by Gasteiger charge is -2.55. The Morgan fingerprint density at radius 2 is 1.76 bits per heavy atom. The predicted octanol–water partition coefficient (Wildman–Crippen LogP) is 6.96. The topological polar surface area (TPSA) is 111 Å². The first-order valence-electron chi connectivity index (χ1n) is 16.0. The number of benzene rings is 2. The molecule has 10 heteroatoms. The summed E-state index contributed by atoms with van der Waals surface area (Å²) in [7, 11) is -2.53. The number of carbonyl (C=O) groups excluding carboxylic acids is 1. The van der Waals surface area contributed by atoms with Crippen molar-refractivity contribution in [3.8, 4) is 17.1 Å². The van der Waals surface area contributed by atoms with E-state index in [-0.39, 0.29) is 34.2 Å². The Kier molecular flexibility index (Phi) is 8.54. The molecule has 4 bridgehead atoms. The second-order valence-electron chi connectivity index (χ2n) is 13.7. The number of fused-ring (bicyclic) bond motifs is 4. The van der Waals surface area contributed by atoms with Gasteiger partial charge in [-0.05, 0) is 97.9 Å². The van der Waals surface area contributed by atoms with Crippen LogP contribution in [0.15, 0.2) is 53.4 Å². The zero-order valence-corrected chi connectivity index (χ0v) is 27.7. The number of hydrogen-bond donors (Lipinski definition) is 1. The molecule has 1 saturated heterocycles. The van der Waals surface area contributed by atoms with Crippen LogP contribution in [0.3, 0.4) is 0 Å². The summed E-state index contributed by atoms with van der Waals surface area (Å²) >= 11 is 0. The minimum absolute atomic E-state index is 0.00711. The van der Waals surface area contributed by atoms with Gasteiger partial charge in [0, 0.05) is 30.6 Å². The van der Waals surface area contributed by atoms with Crippen LogP contribution in [-0.2, 0) is 14.8 Å². The largest absolute Gasteiger partial charge is 0.477 e. The van der Waals surface area contributed by atoms with Gasteiger partial charge in [-0.3, -0.25) is 0 Å². The lowest BCUT2D eigenvalue weighted by atomic mass is 9.52. The number of carbonyl (C=O) groups is 1. The van der Waals surface area contributed by atoms with E-state index in [4.69, 9.17) is 9.47 Å². The number of nitrogens with one attached hydrogen (secondary N) is 1. The van der Waals surface area contributed by atoms with Gasteiger partial charge in [-0.25, -0.2) is 22.9 Å². The molecule has 240 valence electrons. The summed E-state index contributed by atoms with van der Waals surface area (Å²) in [5.41, 5.74) is 4.87. The molecule has 45 heavy (non-hydrogen) atoms. The van der Waals surface area contributed by atoms with Crippen molar-refractivity contribution in [2.24, 2.45) is 23.2 Å². The molecule has 2 aromatic carbocycles. The van der Waals surface area contributed by atoms with Crippen LogP contribution in [0, 0.1) is 37.0 Å². The molecule has 6 rings (SSSR count). The second-order valence-corrected chi connectivity index (χ2v) is 15.4. The minimum atomic E-state index is -3.97. The summed E-state index contributed by atoms with van der Waals surface area (Å²) in [6.45, 7) is 10.4. The monoisotopic (exact) mass is 632 g/mol. The van der Waals surface area contributed by atoms with E-state index in [1.165, 1.54) is 7.11 Å². The summed E-state index contributed by atoms with van der Waals surface area (Å²) in [5, 5.41) is 0. The number of likely N-dealkylation sites (tertiary alicyclic amines) is 1. The normalized spacial score (nSPS) is 22.4. The predicted molar refractivity (Wildman–Crippen MR) is 174 cm³/mol. The van der Waals surface area contributed by atoms with Crippen molar-refractivity contribution in [3.05, 3.63) is 65.2 Å². The highest BCUT2D eigenvalue weighted by molar-refractivity contribution is 7.92. The van der Waals surface area contributed by atoms with Crippen LogP contribution in [0.25, 0.3) is 11.3 Å². The fourth-order valence-electron chi connectivity index (χ4n) is 8.01. The first kappa shape index (κ1) is 31.3. The Morgan fingerprint density at radius 3 is 2.42 bits per heavy atom. The smallest absolute Gasteiger partial charge is 0.409 e. The zero-order chi connectivity index (χ0) is 31.9. The van der Waals surface area contributed by atoms with Crippen LogP contribution in [0.1, 0.15) is 68.6 Å². The van der Waals surface area contributed by atoms with Crippen LogP contribution in [-0.4, -0.2) is 56.2 Å². The summed E-state index contributed by atoms with van der Waals surface area (Å²) in [6, 6.07) is 15.3. The van der Waals surface area contributed by atoms with Crippen LogP contribution >= 0.6 is 0 Å². The third kappa shape index (κ3) is 6.39. The van der Waals surface area contributed by atoms with Gasteiger partial charge in [0.2, 0.25) is 11.8 Å². The highest BCUT2D eigenvalue weighted by Gasteiger charge is 2.50. The number of sulfonamides is 1. The first-order chi connectivity index (χ1) is 21.5. The number of methoxy groups -OCH3 is 1. The summed E-state index contributed by atoms with van der Waals surface area (Å²) < 4.78 is 41.6. The molecule has 1 spiro atoms. The third-order valence-electron chi connectivity index (χ3n) is 10.1. The van der Waals surface area contributed by atoms with Crippen LogP contribution < -0.4 is 9.46 Å². The van der Waals surface area contributed by atoms with Gasteiger partial charge < -0.3 is 14.4 Å². The van der Waals surface area contributed by atoms with E-state index >= 15 is 0 Å². The van der Waals surface area contributed by atoms with E-state index in [1.807, 2.05) is 50.2 Å². The lowest BCUT2D eigenvalue weighted by molar-refractivity contribution is -0.0339. The number of aryl methyl sites for hydroxylation is 2. The van der Waals surface area contributed by atoms with E-state index < -0.39 is 10.0 Å². The standard InChI is InChI=1S/C35H44N4O5S/c1-22(2)16-26-21-44-30-18-29(31-23(3)8-6-9-24(31)4)36-33(37-30)38-45(41,42)28-11-7-10-25(17-28)32(26)27-19-35(20-27)12-14-39(15-13-35)34(40)43-5/h6-11,17-18,22,26-27,32H,12-16,19-21H2,1-5H3,(H,36,37,38)/t26-,32?/m0/s1. The number of nitrogens with zero attached hydrogens (tertiary/aromatic N) is 3. The molecule has 2 fully saturated rings. The van der Waals surface area contributed by atoms with Gasteiger partial charge in [-0.2, -0.15) is 4.98 Å². The van der Waals surface area contributed by atoms with Gasteiger partial charge in [-0.1, -0.05) is 44.2 Å². The van der Waals surface area contributed by atoms with Crippen molar-refractivity contribution in [2.45, 2.75) is 70.6 Å². The Balaban J connectivity index is 1.37. The molecule has 1 aliphatic carbocycles. The Hall–Kier alpha value is -3.66.